The smallest absolute Gasteiger partial charge is 0.226 e. The first-order chi connectivity index (χ1) is 12.6. The van der Waals surface area contributed by atoms with Crippen LogP contribution in [-0.2, 0) is 15.8 Å². The van der Waals surface area contributed by atoms with Gasteiger partial charge in [0.15, 0.2) is 9.04 Å². The van der Waals surface area contributed by atoms with Crippen LogP contribution in [0, 0.1) is 16.7 Å². The molecule has 0 radical (unpaired) electrons. The molecule has 1 aromatic rings. The highest BCUT2D eigenvalue weighted by molar-refractivity contribution is 6.48. The van der Waals surface area contributed by atoms with Gasteiger partial charge in [-0.2, -0.15) is 0 Å². The number of carbonyl (C=O) groups excluding carboxylic acids is 1. The van der Waals surface area contributed by atoms with Crippen molar-refractivity contribution in [3.63, 3.8) is 0 Å². The Morgan fingerprint density at radius 1 is 1.26 bits per heavy atom. The lowest BCUT2D eigenvalue weighted by Crippen LogP contribution is -2.43. The van der Waals surface area contributed by atoms with E-state index in [-0.39, 0.29) is 28.8 Å². The van der Waals surface area contributed by atoms with Crippen LogP contribution in [-0.4, -0.2) is 46.7 Å². The van der Waals surface area contributed by atoms with E-state index in [0.717, 1.165) is 30.0 Å². The standard InChI is InChI=1S/C21H33NO4Si/c1-20(2,3)19(26-27(6)7)21-11-16(21)18(23)22(13-21)12-14-8-9-15(24-4)10-17(14)25-5/h8-10,16,19,27H,11-13H2,1-7H3. The molecule has 1 aliphatic carbocycles. The lowest BCUT2D eigenvalue weighted by atomic mass is 9.78. The molecule has 1 saturated heterocycles. The summed E-state index contributed by atoms with van der Waals surface area (Å²) in [5, 5.41) is 0. The number of benzene rings is 1. The van der Waals surface area contributed by atoms with E-state index in [0.29, 0.717) is 6.54 Å². The molecule has 0 aromatic heterocycles. The Balaban J connectivity index is 1.80. The lowest BCUT2D eigenvalue weighted by Gasteiger charge is -2.39. The maximum atomic E-state index is 13.0. The summed E-state index contributed by atoms with van der Waals surface area (Å²) in [5.41, 5.74) is 1.02. The third-order valence-corrected chi connectivity index (χ3v) is 6.60. The third-order valence-electron chi connectivity index (χ3n) is 5.79. The molecule has 27 heavy (non-hydrogen) atoms. The number of hydrogen-bond donors (Lipinski definition) is 0. The largest absolute Gasteiger partial charge is 0.497 e. The third kappa shape index (κ3) is 3.74. The fraction of sp³-hybridized carbons (Fsp3) is 0.667. The van der Waals surface area contributed by atoms with Gasteiger partial charge in [-0.15, -0.1) is 0 Å². The average Bonchev–Trinajstić information content (AvgIpc) is 3.26. The number of amides is 1. The molecule has 1 aromatic carbocycles. The molecule has 150 valence electrons. The molecule has 2 aliphatic rings. The summed E-state index contributed by atoms with van der Waals surface area (Å²) < 4.78 is 17.3. The molecule has 3 rings (SSSR count). The topological polar surface area (TPSA) is 48.0 Å². The summed E-state index contributed by atoms with van der Waals surface area (Å²) in [4.78, 5) is 15.0. The second kappa shape index (κ2) is 7.13. The number of fused-ring (bicyclic) bond motifs is 1. The number of carbonyl (C=O) groups is 1. The van der Waals surface area contributed by atoms with Crippen molar-refractivity contribution in [1.82, 2.24) is 4.90 Å². The van der Waals surface area contributed by atoms with Crippen LogP contribution < -0.4 is 9.47 Å². The summed E-state index contributed by atoms with van der Waals surface area (Å²) >= 11 is 0. The maximum absolute atomic E-state index is 13.0. The summed E-state index contributed by atoms with van der Waals surface area (Å²) in [5.74, 6) is 1.88. The van der Waals surface area contributed by atoms with Gasteiger partial charge in [0.1, 0.15) is 11.5 Å². The fourth-order valence-corrected chi connectivity index (χ4v) is 5.88. The van der Waals surface area contributed by atoms with Crippen LogP contribution in [0.3, 0.4) is 0 Å². The van der Waals surface area contributed by atoms with Gasteiger partial charge in [0, 0.05) is 36.1 Å². The number of hydrogen-bond acceptors (Lipinski definition) is 4. The first kappa shape index (κ1) is 20.2. The molecule has 1 saturated carbocycles. The first-order valence-corrected chi connectivity index (χ1v) is 12.6. The molecule has 1 amide bonds. The molecular weight excluding hydrogens is 358 g/mol. The Bertz CT molecular complexity index is 715. The second-order valence-electron chi connectivity index (χ2n) is 9.29. The molecule has 3 unspecified atom stereocenters. The zero-order valence-corrected chi connectivity index (χ0v) is 18.8. The normalized spacial score (nSPS) is 25.6. The van der Waals surface area contributed by atoms with E-state index in [1.807, 2.05) is 23.1 Å². The SMILES string of the molecule is COc1ccc(CN2CC3(C(O[SiH](C)C)C(C)(C)C)CC3C2=O)c(OC)c1. The molecule has 1 aliphatic heterocycles. The van der Waals surface area contributed by atoms with Crippen molar-refractivity contribution in [2.45, 2.75) is 52.9 Å². The van der Waals surface area contributed by atoms with E-state index < -0.39 is 9.04 Å². The average molecular weight is 392 g/mol. The molecule has 0 spiro atoms. The van der Waals surface area contributed by atoms with Gasteiger partial charge in [0.05, 0.1) is 20.3 Å². The Kier molecular flexibility index (Phi) is 5.34. The molecule has 5 nitrogen and oxygen atoms in total. The van der Waals surface area contributed by atoms with Crippen molar-refractivity contribution in [3.05, 3.63) is 23.8 Å². The molecule has 1 heterocycles. The molecule has 3 atom stereocenters. The molecule has 2 fully saturated rings. The highest BCUT2D eigenvalue weighted by atomic mass is 28.3. The minimum absolute atomic E-state index is 0.0215. The molecule has 0 bridgehead atoms. The van der Waals surface area contributed by atoms with Crippen molar-refractivity contribution in [3.8, 4) is 11.5 Å². The van der Waals surface area contributed by atoms with Crippen LogP contribution >= 0.6 is 0 Å². The van der Waals surface area contributed by atoms with Gasteiger partial charge in [0.2, 0.25) is 5.91 Å². The van der Waals surface area contributed by atoms with Crippen LogP contribution in [0.1, 0.15) is 32.8 Å². The van der Waals surface area contributed by atoms with Gasteiger partial charge in [0.25, 0.3) is 0 Å². The van der Waals surface area contributed by atoms with Crippen molar-refractivity contribution in [2.24, 2.45) is 16.7 Å². The fourth-order valence-electron chi connectivity index (χ4n) is 4.65. The number of nitrogens with zero attached hydrogens (tertiary/aromatic N) is 1. The summed E-state index contributed by atoms with van der Waals surface area (Å²) in [7, 11) is 2.09. The molecule has 6 heteroatoms. The predicted molar refractivity (Wildman–Crippen MR) is 109 cm³/mol. The van der Waals surface area contributed by atoms with Crippen molar-refractivity contribution in [2.75, 3.05) is 20.8 Å². The van der Waals surface area contributed by atoms with E-state index in [1.54, 1.807) is 14.2 Å². The van der Waals surface area contributed by atoms with E-state index in [1.165, 1.54) is 0 Å². The van der Waals surface area contributed by atoms with Gasteiger partial charge < -0.3 is 18.8 Å². The van der Waals surface area contributed by atoms with Crippen LogP contribution in [0.4, 0.5) is 0 Å². The van der Waals surface area contributed by atoms with E-state index in [2.05, 4.69) is 33.9 Å². The Labute approximate surface area is 164 Å². The van der Waals surface area contributed by atoms with E-state index in [4.69, 9.17) is 13.9 Å². The zero-order valence-electron chi connectivity index (χ0n) is 17.7. The zero-order chi connectivity index (χ0) is 20.0. The van der Waals surface area contributed by atoms with Crippen LogP contribution in [0.15, 0.2) is 18.2 Å². The molecular formula is C21H33NO4Si. The monoisotopic (exact) mass is 391 g/mol. The number of piperidine rings is 1. The van der Waals surface area contributed by atoms with Crippen LogP contribution in [0.2, 0.25) is 13.1 Å². The summed E-state index contributed by atoms with van der Waals surface area (Å²) in [6.07, 6.45) is 1.10. The minimum atomic E-state index is -1.20. The Morgan fingerprint density at radius 2 is 1.96 bits per heavy atom. The first-order valence-electron chi connectivity index (χ1n) is 9.77. The van der Waals surface area contributed by atoms with Gasteiger partial charge >= 0.3 is 0 Å². The lowest BCUT2D eigenvalue weighted by molar-refractivity contribution is -0.130. The van der Waals surface area contributed by atoms with Crippen LogP contribution in [0.25, 0.3) is 0 Å². The van der Waals surface area contributed by atoms with Gasteiger partial charge in [-0.25, -0.2) is 0 Å². The number of ether oxygens (including phenoxy) is 2. The number of methoxy groups -OCH3 is 2. The van der Waals surface area contributed by atoms with Gasteiger partial charge in [-0.3, -0.25) is 4.79 Å². The summed E-state index contributed by atoms with van der Waals surface area (Å²) in [6, 6.07) is 5.78. The summed E-state index contributed by atoms with van der Waals surface area (Å²) in [6.45, 7) is 12.5. The minimum Gasteiger partial charge on any atom is -0.497 e. The van der Waals surface area contributed by atoms with Crippen molar-refractivity contribution < 1.29 is 18.7 Å². The highest BCUT2D eigenvalue weighted by Gasteiger charge is 2.70. The van der Waals surface area contributed by atoms with Crippen molar-refractivity contribution >= 4 is 14.9 Å². The van der Waals surface area contributed by atoms with Crippen LogP contribution in [0.5, 0.6) is 11.5 Å². The highest BCUT2D eigenvalue weighted by Crippen LogP contribution is 2.64. The Morgan fingerprint density at radius 3 is 2.52 bits per heavy atom. The number of rotatable bonds is 7. The van der Waals surface area contributed by atoms with E-state index >= 15 is 0 Å². The number of likely N-dealkylation sites (tertiary alicyclic amines) is 1. The van der Waals surface area contributed by atoms with Crippen molar-refractivity contribution in [1.29, 1.82) is 0 Å². The van der Waals surface area contributed by atoms with E-state index in [9.17, 15) is 4.79 Å². The quantitative estimate of drug-likeness (QED) is 0.668. The Hall–Kier alpha value is -1.53. The van der Waals surface area contributed by atoms with Gasteiger partial charge in [-0.05, 0) is 37.1 Å². The molecule has 0 N–H and O–H groups in total. The maximum Gasteiger partial charge on any atom is 0.226 e. The van der Waals surface area contributed by atoms with Gasteiger partial charge in [-0.1, -0.05) is 20.8 Å². The second-order valence-corrected chi connectivity index (χ2v) is 11.7. The predicted octanol–water partition coefficient (Wildman–Crippen LogP) is 3.47.